The second-order valence-electron chi connectivity index (χ2n) is 5.69. The van der Waals surface area contributed by atoms with Gasteiger partial charge >= 0.3 is 0 Å². The summed E-state index contributed by atoms with van der Waals surface area (Å²) in [4.78, 5) is 0. The molecule has 3 heteroatoms. The topological polar surface area (TPSA) is 24.1 Å². The first-order chi connectivity index (χ1) is 10.1. The standard InChI is InChI=1S/C18H30N2S/c1-5-8-13-19-18(21)20-17(7-3)16-11-9-15(10-12-16)14(4)6-2/h9-12,14,17H,5-8,13H2,1-4H3,(H2,19,20,21). The fourth-order valence-corrected chi connectivity index (χ4v) is 2.55. The Hall–Kier alpha value is -1.09. The number of rotatable bonds is 8. The lowest BCUT2D eigenvalue weighted by Gasteiger charge is -2.21. The van der Waals surface area contributed by atoms with Crippen molar-refractivity contribution in [1.29, 1.82) is 0 Å². The fourth-order valence-electron chi connectivity index (χ4n) is 2.30. The number of hydrogen-bond donors (Lipinski definition) is 2. The minimum Gasteiger partial charge on any atom is -0.363 e. The lowest BCUT2D eigenvalue weighted by molar-refractivity contribution is 0.612. The Morgan fingerprint density at radius 2 is 1.67 bits per heavy atom. The first-order valence-corrected chi connectivity index (χ1v) is 8.67. The minimum atomic E-state index is 0.289. The predicted molar refractivity (Wildman–Crippen MR) is 96.8 cm³/mol. The highest BCUT2D eigenvalue weighted by molar-refractivity contribution is 7.80. The molecule has 2 N–H and O–H groups in total. The molecule has 1 aromatic rings. The highest BCUT2D eigenvalue weighted by atomic mass is 32.1. The lowest BCUT2D eigenvalue weighted by atomic mass is 9.95. The molecule has 0 aliphatic rings. The molecule has 0 radical (unpaired) electrons. The summed E-state index contributed by atoms with van der Waals surface area (Å²) in [5, 5.41) is 7.47. The fraction of sp³-hybridized carbons (Fsp3) is 0.611. The van der Waals surface area contributed by atoms with Crippen LogP contribution < -0.4 is 10.6 Å². The zero-order valence-electron chi connectivity index (χ0n) is 13.9. The largest absolute Gasteiger partial charge is 0.363 e. The number of nitrogens with one attached hydrogen (secondary N) is 2. The summed E-state index contributed by atoms with van der Waals surface area (Å²) in [5.41, 5.74) is 2.73. The molecule has 0 heterocycles. The lowest BCUT2D eigenvalue weighted by Crippen LogP contribution is -2.38. The van der Waals surface area contributed by atoms with E-state index in [0.29, 0.717) is 5.92 Å². The van der Waals surface area contributed by atoms with Crippen LogP contribution in [0.3, 0.4) is 0 Å². The van der Waals surface area contributed by atoms with Gasteiger partial charge in [0.25, 0.3) is 0 Å². The van der Waals surface area contributed by atoms with Crippen LogP contribution in [0.5, 0.6) is 0 Å². The zero-order valence-corrected chi connectivity index (χ0v) is 14.7. The van der Waals surface area contributed by atoms with Crippen LogP contribution in [-0.2, 0) is 0 Å². The van der Waals surface area contributed by atoms with Crippen molar-refractivity contribution in [1.82, 2.24) is 10.6 Å². The molecule has 0 fully saturated rings. The highest BCUT2D eigenvalue weighted by Crippen LogP contribution is 2.22. The molecule has 0 aliphatic heterocycles. The van der Waals surface area contributed by atoms with Crippen molar-refractivity contribution in [3.05, 3.63) is 35.4 Å². The Morgan fingerprint density at radius 3 is 2.19 bits per heavy atom. The third kappa shape index (κ3) is 6.04. The second kappa shape index (κ2) is 9.78. The smallest absolute Gasteiger partial charge is 0.166 e. The molecular formula is C18H30N2S. The Balaban J connectivity index is 2.61. The minimum absolute atomic E-state index is 0.289. The van der Waals surface area contributed by atoms with E-state index in [1.54, 1.807) is 0 Å². The van der Waals surface area contributed by atoms with Crippen molar-refractivity contribution in [2.24, 2.45) is 0 Å². The van der Waals surface area contributed by atoms with Gasteiger partial charge in [-0.15, -0.1) is 0 Å². The molecule has 0 saturated heterocycles. The molecule has 118 valence electrons. The Bertz CT molecular complexity index is 414. The summed E-state index contributed by atoms with van der Waals surface area (Å²) in [7, 11) is 0. The highest BCUT2D eigenvalue weighted by Gasteiger charge is 2.11. The van der Waals surface area contributed by atoms with Gasteiger partial charge in [-0.3, -0.25) is 0 Å². The molecule has 0 aliphatic carbocycles. The maximum absolute atomic E-state index is 5.37. The van der Waals surface area contributed by atoms with Crippen molar-refractivity contribution >= 4 is 17.3 Å². The zero-order chi connectivity index (χ0) is 15.7. The van der Waals surface area contributed by atoms with Gasteiger partial charge in [-0.2, -0.15) is 0 Å². The molecule has 2 unspecified atom stereocenters. The number of unbranched alkanes of at least 4 members (excludes halogenated alkanes) is 1. The van der Waals surface area contributed by atoms with Crippen LogP contribution >= 0.6 is 12.2 Å². The summed E-state index contributed by atoms with van der Waals surface area (Å²) in [6.07, 6.45) is 4.55. The van der Waals surface area contributed by atoms with Crippen LogP contribution in [0.4, 0.5) is 0 Å². The molecule has 0 aromatic heterocycles. The molecular weight excluding hydrogens is 276 g/mol. The van der Waals surface area contributed by atoms with Crippen LogP contribution in [0.25, 0.3) is 0 Å². The molecule has 0 saturated carbocycles. The van der Waals surface area contributed by atoms with Gasteiger partial charge in [0.2, 0.25) is 0 Å². The number of thiocarbonyl (C=S) groups is 1. The van der Waals surface area contributed by atoms with Crippen LogP contribution in [0.2, 0.25) is 0 Å². The summed E-state index contributed by atoms with van der Waals surface area (Å²) in [6, 6.07) is 9.26. The van der Waals surface area contributed by atoms with Crippen molar-refractivity contribution in [3.63, 3.8) is 0 Å². The molecule has 1 rings (SSSR count). The van der Waals surface area contributed by atoms with Gasteiger partial charge in [-0.1, -0.05) is 58.4 Å². The molecule has 1 aromatic carbocycles. The molecule has 0 amide bonds. The van der Waals surface area contributed by atoms with Gasteiger partial charge in [0.15, 0.2) is 5.11 Å². The maximum Gasteiger partial charge on any atom is 0.166 e. The Morgan fingerprint density at radius 1 is 1.05 bits per heavy atom. The number of hydrogen-bond acceptors (Lipinski definition) is 1. The van der Waals surface area contributed by atoms with Crippen molar-refractivity contribution in [3.8, 4) is 0 Å². The van der Waals surface area contributed by atoms with E-state index in [2.05, 4.69) is 62.6 Å². The van der Waals surface area contributed by atoms with Gasteiger partial charge in [-0.05, 0) is 48.5 Å². The summed E-state index contributed by atoms with van der Waals surface area (Å²) in [5.74, 6) is 0.629. The Labute approximate surface area is 135 Å². The van der Waals surface area contributed by atoms with Crippen molar-refractivity contribution in [2.75, 3.05) is 6.54 Å². The van der Waals surface area contributed by atoms with E-state index in [1.165, 1.54) is 24.0 Å². The average Bonchev–Trinajstić information content (AvgIpc) is 2.52. The molecule has 2 atom stereocenters. The third-order valence-electron chi connectivity index (χ3n) is 4.05. The van der Waals surface area contributed by atoms with E-state index < -0.39 is 0 Å². The van der Waals surface area contributed by atoms with E-state index in [-0.39, 0.29) is 6.04 Å². The van der Waals surface area contributed by atoms with E-state index in [9.17, 15) is 0 Å². The van der Waals surface area contributed by atoms with Gasteiger partial charge < -0.3 is 10.6 Å². The first kappa shape index (κ1) is 18.0. The second-order valence-corrected chi connectivity index (χ2v) is 6.10. The maximum atomic E-state index is 5.37. The normalized spacial score (nSPS) is 13.5. The quantitative estimate of drug-likeness (QED) is 0.527. The third-order valence-corrected chi connectivity index (χ3v) is 4.31. The van der Waals surface area contributed by atoms with Crippen LogP contribution in [0, 0.1) is 0 Å². The average molecular weight is 307 g/mol. The SMILES string of the molecule is CCCCNC(=S)NC(CC)c1ccc(C(C)CC)cc1. The molecule has 21 heavy (non-hydrogen) atoms. The molecule has 0 bridgehead atoms. The van der Waals surface area contributed by atoms with Gasteiger partial charge in [0.1, 0.15) is 0 Å². The van der Waals surface area contributed by atoms with Crippen LogP contribution in [0.1, 0.15) is 76.5 Å². The molecule has 0 spiro atoms. The van der Waals surface area contributed by atoms with Crippen LogP contribution in [-0.4, -0.2) is 11.7 Å². The van der Waals surface area contributed by atoms with Crippen molar-refractivity contribution < 1.29 is 0 Å². The Kier molecular flexibility index (Phi) is 8.36. The number of benzene rings is 1. The monoisotopic (exact) mass is 306 g/mol. The van der Waals surface area contributed by atoms with Crippen molar-refractivity contribution in [2.45, 2.75) is 65.3 Å². The first-order valence-electron chi connectivity index (χ1n) is 8.26. The van der Waals surface area contributed by atoms with Gasteiger partial charge in [0.05, 0.1) is 6.04 Å². The van der Waals surface area contributed by atoms with E-state index >= 15 is 0 Å². The summed E-state index contributed by atoms with van der Waals surface area (Å²) < 4.78 is 0. The van der Waals surface area contributed by atoms with E-state index in [4.69, 9.17) is 12.2 Å². The molecule has 2 nitrogen and oxygen atoms in total. The summed E-state index contributed by atoms with van der Waals surface area (Å²) >= 11 is 5.37. The summed E-state index contributed by atoms with van der Waals surface area (Å²) in [6.45, 7) is 9.83. The van der Waals surface area contributed by atoms with E-state index in [1.807, 2.05) is 0 Å². The predicted octanol–water partition coefficient (Wildman–Crippen LogP) is 4.92. The van der Waals surface area contributed by atoms with Crippen LogP contribution in [0.15, 0.2) is 24.3 Å². The van der Waals surface area contributed by atoms with Gasteiger partial charge in [-0.25, -0.2) is 0 Å². The van der Waals surface area contributed by atoms with E-state index in [0.717, 1.165) is 24.5 Å². The van der Waals surface area contributed by atoms with Gasteiger partial charge in [0, 0.05) is 6.54 Å².